The van der Waals surface area contributed by atoms with Gasteiger partial charge in [0.25, 0.3) is 0 Å². The second kappa shape index (κ2) is 18.4. The molecule has 0 bridgehead atoms. The van der Waals surface area contributed by atoms with Crippen molar-refractivity contribution in [2.45, 2.75) is 45.4 Å². The molecule has 1 atom stereocenters. The van der Waals surface area contributed by atoms with E-state index in [9.17, 15) is 19.1 Å². The van der Waals surface area contributed by atoms with Crippen LogP contribution in [0.3, 0.4) is 0 Å². The average Bonchev–Trinajstić information content (AvgIpc) is 3.17. The van der Waals surface area contributed by atoms with E-state index in [0.29, 0.717) is 75.1 Å². The number of carbonyl (C=O) groups is 2. The van der Waals surface area contributed by atoms with Crippen LogP contribution in [0, 0.1) is 11.7 Å². The lowest BCUT2D eigenvalue weighted by Gasteiger charge is -2.40. The second-order valence-corrected chi connectivity index (χ2v) is 14.1. The van der Waals surface area contributed by atoms with Gasteiger partial charge in [-0.3, -0.25) is 9.69 Å². The number of nitrogens with zero attached hydrogens (tertiary/aromatic N) is 3. The number of piperidine rings is 1. The summed E-state index contributed by atoms with van der Waals surface area (Å²) in [6, 6.07) is 28.2. The number of para-hydroxylation sites is 1. The van der Waals surface area contributed by atoms with Gasteiger partial charge >= 0.3 is 6.09 Å². The smallest absolute Gasteiger partial charge is 0.405 e. The van der Waals surface area contributed by atoms with E-state index < -0.39 is 12.1 Å². The number of ether oxygens (including phenoxy) is 2. The molecule has 0 aliphatic carbocycles. The zero-order valence-corrected chi connectivity index (χ0v) is 30.9. The second-order valence-electron chi connectivity index (χ2n) is 13.7. The highest BCUT2D eigenvalue weighted by atomic mass is 35.5. The van der Waals surface area contributed by atoms with E-state index in [-0.39, 0.29) is 17.6 Å². The molecule has 0 radical (unpaired) electrons. The summed E-state index contributed by atoms with van der Waals surface area (Å²) in [6.07, 6.45) is 0.965. The molecule has 2 N–H and O–H groups in total. The Morgan fingerprint density at radius 2 is 1.57 bits per heavy atom. The van der Waals surface area contributed by atoms with Crippen molar-refractivity contribution in [1.29, 1.82) is 0 Å². The number of halogens is 2. The standard InChI is InChI=1S/C42H48ClFN4O5/c1-2-52-39-14-8-12-37(44)36(39)28-47-23-25-48(26-24-47)41(49)40(45-42(50)51)31-17-20-46(21-18-31)22-19-32-27-33(43)15-16-34(32)35-11-6-7-13-38(35)53-29-30-9-4-3-5-10-30/h3-16,27,31,40,45H,2,17-26,28-29H2,1H3,(H,50,51)/t40-/m1/s1. The Hall–Kier alpha value is -4.64. The quantitative estimate of drug-likeness (QED) is 0.140. The van der Waals surface area contributed by atoms with E-state index in [1.807, 2.05) is 67.6 Å². The molecule has 0 unspecified atom stereocenters. The molecule has 0 saturated carbocycles. The van der Waals surface area contributed by atoms with E-state index in [1.165, 1.54) is 6.07 Å². The zero-order chi connectivity index (χ0) is 37.2. The maximum absolute atomic E-state index is 14.7. The van der Waals surface area contributed by atoms with Gasteiger partial charge in [-0.1, -0.05) is 72.3 Å². The van der Waals surface area contributed by atoms with E-state index >= 15 is 0 Å². The van der Waals surface area contributed by atoms with Gasteiger partial charge in [0.2, 0.25) is 5.91 Å². The number of carbonyl (C=O) groups excluding carboxylic acids is 1. The summed E-state index contributed by atoms with van der Waals surface area (Å²) >= 11 is 6.51. The fourth-order valence-corrected chi connectivity index (χ4v) is 7.61. The lowest BCUT2D eigenvalue weighted by atomic mass is 9.88. The minimum atomic E-state index is -1.20. The van der Waals surface area contributed by atoms with E-state index in [2.05, 4.69) is 27.2 Å². The summed E-state index contributed by atoms with van der Waals surface area (Å²) in [7, 11) is 0. The molecule has 4 aromatic carbocycles. The highest BCUT2D eigenvalue weighted by molar-refractivity contribution is 6.30. The monoisotopic (exact) mass is 742 g/mol. The van der Waals surface area contributed by atoms with Crippen molar-refractivity contribution in [3.63, 3.8) is 0 Å². The molecule has 9 nitrogen and oxygen atoms in total. The van der Waals surface area contributed by atoms with Gasteiger partial charge in [0.05, 0.1) is 6.61 Å². The maximum Gasteiger partial charge on any atom is 0.405 e. The first-order valence-electron chi connectivity index (χ1n) is 18.5. The number of nitrogens with one attached hydrogen (secondary N) is 1. The Kier molecular flexibility index (Phi) is 13.2. The Morgan fingerprint density at radius 1 is 0.849 bits per heavy atom. The molecule has 2 saturated heterocycles. The van der Waals surface area contributed by atoms with Crippen LogP contribution in [0.15, 0.2) is 91.0 Å². The first-order chi connectivity index (χ1) is 25.8. The van der Waals surface area contributed by atoms with Crippen molar-refractivity contribution in [3.05, 3.63) is 119 Å². The van der Waals surface area contributed by atoms with Gasteiger partial charge in [-0.05, 0) is 92.2 Å². The van der Waals surface area contributed by atoms with E-state index in [0.717, 1.165) is 54.1 Å². The van der Waals surface area contributed by atoms with Gasteiger partial charge in [-0.25, -0.2) is 9.18 Å². The number of rotatable bonds is 14. The molecule has 280 valence electrons. The Morgan fingerprint density at radius 3 is 2.30 bits per heavy atom. The van der Waals surface area contributed by atoms with Crippen LogP contribution in [0.25, 0.3) is 11.1 Å². The third-order valence-electron chi connectivity index (χ3n) is 10.3. The number of likely N-dealkylation sites (tertiary alicyclic amines) is 1. The summed E-state index contributed by atoms with van der Waals surface area (Å²) in [5.41, 5.74) is 4.82. The summed E-state index contributed by atoms with van der Waals surface area (Å²) in [5, 5.41) is 12.9. The third kappa shape index (κ3) is 10.1. The molecule has 2 amide bonds. The van der Waals surface area contributed by atoms with Crippen LogP contribution in [-0.2, 0) is 24.4 Å². The molecule has 4 aromatic rings. The van der Waals surface area contributed by atoms with Gasteiger partial charge in [-0.15, -0.1) is 0 Å². The molecule has 6 rings (SSSR count). The molecule has 2 fully saturated rings. The summed E-state index contributed by atoms with van der Waals surface area (Å²) in [4.78, 5) is 31.9. The molecule has 0 aromatic heterocycles. The molecule has 2 aliphatic heterocycles. The first kappa shape index (κ1) is 38.1. The van der Waals surface area contributed by atoms with Crippen LogP contribution in [0.4, 0.5) is 9.18 Å². The average molecular weight is 743 g/mol. The van der Waals surface area contributed by atoms with Crippen LogP contribution >= 0.6 is 11.6 Å². The van der Waals surface area contributed by atoms with Crippen LogP contribution < -0.4 is 14.8 Å². The SMILES string of the molecule is CCOc1cccc(F)c1CN1CCN(C(=O)[C@H](NC(=O)O)C2CCN(CCc3cc(Cl)ccc3-c3ccccc3OCc3ccccc3)CC2)CC1. The minimum absolute atomic E-state index is 0.115. The topological polar surface area (TPSA) is 94.6 Å². The van der Waals surface area contributed by atoms with E-state index in [1.54, 1.807) is 17.0 Å². The van der Waals surface area contributed by atoms with Gasteiger partial charge in [0, 0.05) is 55.4 Å². The largest absolute Gasteiger partial charge is 0.493 e. The minimum Gasteiger partial charge on any atom is -0.493 e. The molecule has 2 aliphatic rings. The third-order valence-corrected chi connectivity index (χ3v) is 10.5. The number of piperazine rings is 1. The highest BCUT2D eigenvalue weighted by Crippen LogP contribution is 2.35. The van der Waals surface area contributed by atoms with Gasteiger partial charge < -0.3 is 29.7 Å². The zero-order valence-electron chi connectivity index (χ0n) is 30.2. The Labute approximate surface area is 316 Å². The number of hydrogen-bond acceptors (Lipinski definition) is 6. The van der Waals surface area contributed by atoms with Crippen molar-refractivity contribution in [2.75, 3.05) is 52.4 Å². The Bertz CT molecular complexity index is 1830. The number of amides is 2. The van der Waals surface area contributed by atoms with Gasteiger partial charge in [0.15, 0.2) is 0 Å². The normalized spacial score (nSPS) is 16.2. The number of carboxylic acid groups (broad SMARTS) is 1. The molecular formula is C42H48ClFN4O5. The van der Waals surface area contributed by atoms with Crippen LogP contribution in [0.2, 0.25) is 5.02 Å². The van der Waals surface area contributed by atoms with E-state index in [4.69, 9.17) is 21.1 Å². The molecular weight excluding hydrogens is 695 g/mol. The summed E-state index contributed by atoms with van der Waals surface area (Å²) in [5.74, 6) is 0.725. The fourth-order valence-electron chi connectivity index (χ4n) is 7.41. The van der Waals surface area contributed by atoms with Crippen molar-refractivity contribution in [1.82, 2.24) is 20.0 Å². The van der Waals surface area contributed by atoms with Crippen molar-refractivity contribution >= 4 is 23.6 Å². The predicted molar refractivity (Wildman–Crippen MR) is 205 cm³/mol. The highest BCUT2D eigenvalue weighted by Gasteiger charge is 2.36. The number of benzene rings is 4. The van der Waals surface area contributed by atoms with Gasteiger partial charge in [-0.2, -0.15) is 0 Å². The summed E-state index contributed by atoms with van der Waals surface area (Å²) < 4.78 is 26.6. The van der Waals surface area contributed by atoms with Crippen LogP contribution in [0.1, 0.15) is 36.5 Å². The molecule has 53 heavy (non-hydrogen) atoms. The predicted octanol–water partition coefficient (Wildman–Crippen LogP) is 7.36. The number of hydrogen-bond donors (Lipinski definition) is 2. The summed E-state index contributed by atoms with van der Waals surface area (Å²) in [6.45, 7) is 7.45. The van der Waals surface area contributed by atoms with Crippen molar-refractivity contribution < 1.29 is 28.6 Å². The molecule has 0 spiro atoms. The fraction of sp³-hybridized carbons (Fsp3) is 0.381. The van der Waals surface area contributed by atoms with Crippen molar-refractivity contribution in [3.8, 4) is 22.6 Å². The lowest BCUT2D eigenvalue weighted by Crippen LogP contribution is -2.58. The maximum atomic E-state index is 14.7. The van der Waals surface area contributed by atoms with Crippen molar-refractivity contribution in [2.24, 2.45) is 5.92 Å². The first-order valence-corrected chi connectivity index (χ1v) is 18.8. The lowest BCUT2D eigenvalue weighted by molar-refractivity contribution is -0.137. The van der Waals surface area contributed by atoms with Gasteiger partial charge in [0.1, 0.15) is 30.0 Å². The molecule has 2 heterocycles. The van der Waals surface area contributed by atoms with Crippen LogP contribution in [0.5, 0.6) is 11.5 Å². The van der Waals surface area contributed by atoms with Crippen LogP contribution in [-0.4, -0.2) is 90.3 Å². The molecule has 11 heteroatoms. The Balaban J connectivity index is 1.04.